The molecule has 3 unspecified atom stereocenters. The average Bonchev–Trinajstić information content (AvgIpc) is 2.64. The maximum Gasteiger partial charge on any atom is 0.289 e. The van der Waals surface area contributed by atoms with Crippen molar-refractivity contribution in [1.82, 2.24) is 10.2 Å². The lowest BCUT2D eigenvalue weighted by atomic mass is 9.69. The Morgan fingerprint density at radius 2 is 1.96 bits per heavy atom. The van der Waals surface area contributed by atoms with Crippen molar-refractivity contribution in [3.63, 3.8) is 0 Å². The van der Waals surface area contributed by atoms with Gasteiger partial charge in [0.2, 0.25) is 5.91 Å². The number of benzene rings is 1. The molecule has 27 heavy (non-hydrogen) atoms. The molecule has 2 amide bonds. The summed E-state index contributed by atoms with van der Waals surface area (Å²) in [4.78, 5) is 26.9. The topological polar surface area (TPSA) is 58.6 Å². The van der Waals surface area contributed by atoms with Crippen LogP contribution in [0.4, 0.5) is 0 Å². The van der Waals surface area contributed by atoms with E-state index in [2.05, 4.69) is 26.1 Å². The van der Waals surface area contributed by atoms with Gasteiger partial charge in [-0.25, -0.2) is 0 Å². The third-order valence-electron chi connectivity index (χ3n) is 5.82. The lowest BCUT2D eigenvalue weighted by molar-refractivity contribution is -0.154. The Morgan fingerprint density at radius 1 is 1.26 bits per heavy atom. The van der Waals surface area contributed by atoms with Crippen LogP contribution in [-0.4, -0.2) is 42.5 Å². The van der Waals surface area contributed by atoms with E-state index in [0.717, 1.165) is 24.8 Å². The van der Waals surface area contributed by atoms with Gasteiger partial charge in [0.05, 0.1) is 6.04 Å². The van der Waals surface area contributed by atoms with Gasteiger partial charge in [-0.3, -0.25) is 9.59 Å². The Morgan fingerprint density at radius 3 is 2.59 bits per heavy atom. The van der Waals surface area contributed by atoms with Gasteiger partial charge in [0, 0.05) is 7.05 Å². The van der Waals surface area contributed by atoms with Gasteiger partial charge in [-0.2, -0.15) is 0 Å². The van der Waals surface area contributed by atoms with Crippen LogP contribution in [0.3, 0.4) is 0 Å². The van der Waals surface area contributed by atoms with Crippen molar-refractivity contribution in [2.75, 3.05) is 13.6 Å². The van der Waals surface area contributed by atoms with E-state index < -0.39 is 0 Å². The number of rotatable bonds is 3. The van der Waals surface area contributed by atoms with Gasteiger partial charge in [-0.05, 0) is 42.2 Å². The molecule has 146 valence electrons. The van der Waals surface area contributed by atoms with E-state index >= 15 is 0 Å². The van der Waals surface area contributed by atoms with Crippen LogP contribution in [-0.2, 0) is 14.3 Å². The third-order valence-corrected chi connectivity index (χ3v) is 5.82. The molecule has 5 heteroatoms. The van der Waals surface area contributed by atoms with Crippen molar-refractivity contribution in [2.24, 2.45) is 11.3 Å². The maximum atomic E-state index is 13.1. The van der Waals surface area contributed by atoms with Crippen LogP contribution in [0.5, 0.6) is 0 Å². The Labute approximate surface area is 161 Å². The molecule has 3 rings (SSSR count). The highest BCUT2D eigenvalue weighted by Crippen LogP contribution is 2.42. The highest BCUT2D eigenvalue weighted by molar-refractivity contribution is 5.98. The highest BCUT2D eigenvalue weighted by Gasteiger charge is 2.46. The number of hydrogen-bond donors (Lipinski definition) is 1. The number of amides is 2. The molecule has 0 spiro atoms. The minimum Gasteiger partial charge on any atom is -0.482 e. The van der Waals surface area contributed by atoms with E-state index in [1.54, 1.807) is 18.0 Å². The van der Waals surface area contributed by atoms with Crippen LogP contribution in [0.2, 0.25) is 0 Å². The monoisotopic (exact) mass is 370 g/mol. The summed E-state index contributed by atoms with van der Waals surface area (Å²) in [5.41, 5.74) is 1.09. The molecule has 5 nitrogen and oxygen atoms in total. The number of hydrogen-bond acceptors (Lipinski definition) is 3. The normalized spacial score (nSPS) is 27.1. The SMILES string of the molecule is CNC(=O)CN1C(=O)/C(=C/c2ccccc2)OC2CCC(C(C)(C)C)CC21. The Kier molecular flexibility index (Phi) is 5.59. The van der Waals surface area contributed by atoms with E-state index in [0.29, 0.717) is 11.7 Å². The smallest absolute Gasteiger partial charge is 0.289 e. The second-order valence-corrected chi connectivity index (χ2v) is 8.63. The first-order chi connectivity index (χ1) is 12.8. The van der Waals surface area contributed by atoms with E-state index in [-0.39, 0.29) is 35.9 Å². The molecular weight excluding hydrogens is 340 g/mol. The number of fused-ring (bicyclic) bond motifs is 1. The van der Waals surface area contributed by atoms with Gasteiger partial charge in [0.25, 0.3) is 5.91 Å². The third kappa shape index (κ3) is 4.34. The molecule has 2 aliphatic rings. The van der Waals surface area contributed by atoms with Gasteiger partial charge in [-0.15, -0.1) is 0 Å². The predicted octanol–water partition coefficient (Wildman–Crippen LogP) is 3.22. The van der Waals surface area contributed by atoms with Crippen molar-refractivity contribution in [3.8, 4) is 0 Å². The zero-order valence-electron chi connectivity index (χ0n) is 16.7. The quantitative estimate of drug-likeness (QED) is 0.831. The fourth-order valence-electron chi connectivity index (χ4n) is 4.10. The first kappa shape index (κ1) is 19.5. The minimum atomic E-state index is -0.196. The molecule has 1 heterocycles. The Balaban J connectivity index is 1.89. The number of morpholine rings is 1. The van der Waals surface area contributed by atoms with Gasteiger partial charge >= 0.3 is 0 Å². The van der Waals surface area contributed by atoms with Crippen molar-refractivity contribution in [2.45, 2.75) is 52.2 Å². The molecular formula is C22H30N2O3. The second-order valence-electron chi connectivity index (χ2n) is 8.63. The molecule has 1 aliphatic carbocycles. The van der Waals surface area contributed by atoms with Crippen molar-refractivity contribution < 1.29 is 14.3 Å². The molecule has 0 bridgehead atoms. The number of ether oxygens (including phenoxy) is 1. The van der Waals surface area contributed by atoms with Crippen LogP contribution < -0.4 is 5.32 Å². The van der Waals surface area contributed by atoms with Gasteiger partial charge in [-0.1, -0.05) is 51.1 Å². The first-order valence-electron chi connectivity index (χ1n) is 9.74. The molecule has 1 aromatic carbocycles. The lowest BCUT2D eigenvalue weighted by Crippen LogP contribution is -2.58. The summed E-state index contributed by atoms with van der Waals surface area (Å²) in [6, 6.07) is 9.62. The largest absolute Gasteiger partial charge is 0.482 e. The van der Waals surface area contributed by atoms with Crippen LogP contribution in [0.15, 0.2) is 36.1 Å². The number of nitrogens with zero attached hydrogens (tertiary/aromatic N) is 1. The lowest BCUT2D eigenvalue weighted by Gasteiger charge is -2.48. The zero-order chi connectivity index (χ0) is 19.6. The minimum absolute atomic E-state index is 0.0547. The number of carbonyl (C=O) groups is 2. The summed E-state index contributed by atoms with van der Waals surface area (Å²) in [6.45, 7) is 6.80. The fraction of sp³-hybridized carbons (Fsp3) is 0.545. The average molecular weight is 370 g/mol. The molecule has 1 saturated heterocycles. The number of nitrogens with one attached hydrogen (secondary N) is 1. The Hall–Kier alpha value is -2.30. The molecule has 3 atom stereocenters. The molecule has 1 aromatic rings. The van der Waals surface area contributed by atoms with Crippen LogP contribution in [0.1, 0.15) is 45.6 Å². The summed E-state index contributed by atoms with van der Waals surface area (Å²) < 4.78 is 6.15. The standard InChI is InChI=1S/C22H30N2O3/c1-22(2,3)16-10-11-18-17(13-16)24(14-20(25)23-4)21(26)19(27-18)12-15-8-6-5-7-9-15/h5-9,12,16-18H,10-11,13-14H2,1-4H3,(H,23,25)/b19-12-. The molecule has 1 saturated carbocycles. The molecule has 1 aliphatic heterocycles. The summed E-state index contributed by atoms with van der Waals surface area (Å²) in [6.07, 6.45) is 4.57. The maximum absolute atomic E-state index is 13.1. The summed E-state index contributed by atoms with van der Waals surface area (Å²) in [5, 5.41) is 2.64. The number of carbonyl (C=O) groups excluding carboxylic acids is 2. The van der Waals surface area contributed by atoms with Crippen LogP contribution in [0.25, 0.3) is 6.08 Å². The fourth-order valence-corrected chi connectivity index (χ4v) is 4.10. The Bertz CT molecular complexity index is 721. The second kappa shape index (κ2) is 7.75. The van der Waals surface area contributed by atoms with Crippen molar-refractivity contribution in [3.05, 3.63) is 41.7 Å². The summed E-state index contributed by atoms with van der Waals surface area (Å²) in [5.74, 6) is 0.488. The molecule has 0 radical (unpaired) electrons. The van der Waals surface area contributed by atoms with E-state index in [4.69, 9.17) is 4.74 Å². The molecule has 1 N–H and O–H groups in total. The van der Waals surface area contributed by atoms with E-state index in [1.807, 2.05) is 30.3 Å². The summed E-state index contributed by atoms with van der Waals surface area (Å²) >= 11 is 0. The van der Waals surface area contributed by atoms with Gasteiger partial charge in [0.1, 0.15) is 12.6 Å². The zero-order valence-corrected chi connectivity index (χ0v) is 16.7. The van der Waals surface area contributed by atoms with Crippen LogP contribution >= 0.6 is 0 Å². The van der Waals surface area contributed by atoms with Gasteiger partial charge < -0.3 is 15.0 Å². The number of likely N-dealkylation sites (N-methyl/N-ethyl adjacent to an activating group) is 1. The van der Waals surface area contributed by atoms with Crippen LogP contribution in [0, 0.1) is 11.3 Å². The van der Waals surface area contributed by atoms with E-state index in [9.17, 15) is 9.59 Å². The summed E-state index contributed by atoms with van der Waals surface area (Å²) in [7, 11) is 1.60. The molecule has 2 fully saturated rings. The highest BCUT2D eigenvalue weighted by atomic mass is 16.5. The van der Waals surface area contributed by atoms with Crippen molar-refractivity contribution in [1.29, 1.82) is 0 Å². The van der Waals surface area contributed by atoms with E-state index in [1.165, 1.54) is 0 Å². The first-order valence-corrected chi connectivity index (χ1v) is 9.74. The molecule has 0 aromatic heterocycles. The van der Waals surface area contributed by atoms with Crippen molar-refractivity contribution >= 4 is 17.9 Å². The predicted molar refractivity (Wildman–Crippen MR) is 106 cm³/mol. The van der Waals surface area contributed by atoms with Gasteiger partial charge in [0.15, 0.2) is 5.76 Å².